The van der Waals surface area contributed by atoms with Crippen LogP contribution in [-0.4, -0.2) is 38.1 Å². The van der Waals surface area contributed by atoms with E-state index in [1.165, 1.54) is 0 Å². The number of aromatic nitrogens is 4. The van der Waals surface area contributed by atoms with Gasteiger partial charge in [0.2, 0.25) is 0 Å². The van der Waals surface area contributed by atoms with E-state index < -0.39 is 0 Å². The zero-order chi connectivity index (χ0) is 19.1. The van der Waals surface area contributed by atoms with Crippen LogP contribution in [0.1, 0.15) is 19.8 Å². The van der Waals surface area contributed by atoms with E-state index in [-0.39, 0.29) is 5.97 Å². The van der Waals surface area contributed by atoms with Gasteiger partial charge in [-0.25, -0.2) is 0 Å². The first-order valence-electron chi connectivity index (χ1n) is 8.59. The molecule has 0 saturated carbocycles. The number of benzene rings is 1. The summed E-state index contributed by atoms with van der Waals surface area (Å²) in [6.45, 7) is 2.21. The van der Waals surface area contributed by atoms with Crippen molar-refractivity contribution in [1.29, 1.82) is 0 Å². The molecule has 0 aliphatic heterocycles. The fraction of sp³-hybridized carbons (Fsp3) is 0.263. The Balaban J connectivity index is 1.84. The van der Waals surface area contributed by atoms with E-state index in [0.29, 0.717) is 30.3 Å². The average Bonchev–Trinajstić information content (AvgIpc) is 3.10. The molecule has 0 aliphatic carbocycles. The van der Waals surface area contributed by atoms with Crippen LogP contribution in [0.15, 0.2) is 53.9 Å². The number of carbonyl (C=O) groups is 1. The lowest BCUT2D eigenvalue weighted by Crippen LogP contribution is -2.04. The van der Waals surface area contributed by atoms with Crippen LogP contribution in [0.4, 0.5) is 0 Å². The third kappa shape index (κ3) is 5.08. The molecule has 0 fully saturated rings. The molecular weight excluding hydrogens is 384 g/mol. The van der Waals surface area contributed by atoms with Crippen molar-refractivity contribution < 1.29 is 9.53 Å². The molecule has 8 heteroatoms. The van der Waals surface area contributed by atoms with Crippen molar-refractivity contribution >= 4 is 29.3 Å². The molecule has 0 aliphatic rings. The van der Waals surface area contributed by atoms with Crippen molar-refractivity contribution in [3.63, 3.8) is 0 Å². The fourth-order valence-electron chi connectivity index (χ4n) is 2.51. The number of halogens is 1. The first-order chi connectivity index (χ1) is 13.2. The summed E-state index contributed by atoms with van der Waals surface area (Å²) < 4.78 is 6.92. The van der Waals surface area contributed by atoms with E-state index in [1.54, 1.807) is 31.1 Å². The maximum Gasteiger partial charge on any atom is 0.305 e. The Labute approximate surface area is 166 Å². The van der Waals surface area contributed by atoms with E-state index >= 15 is 0 Å². The molecule has 2 heterocycles. The first kappa shape index (κ1) is 19.4. The van der Waals surface area contributed by atoms with Crippen molar-refractivity contribution in [1.82, 2.24) is 19.7 Å². The van der Waals surface area contributed by atoms with Gasteiger partial charge in [-0.15, -0.1) is 10.2 Å². The second-order valence-electron chi connectivity index (χ2n) is 5.62. The lowest BCUT2D eigenvalue weighted by molar-refractivity contribution is -0.143. The van der Waals surface area contributed by atoms with Crippen LogP contribution in [-0.2, 0) is 9.53 Å². The standard InChI is InChI=1S/C19H19ClN4O2S/c1-2-26-17(25)9-5-11-27-19-23-22-18(14-6-4-10-21-13-14)24(19)16-8-3-7-15(20)12-16/h3-4,6-8,10,12-13H,2,5,9,11H2,1H3. The average molecular weight is 403 g/mol. The predicted octanol–water partition coefficient (Wildman–Crippen LogP) is 4.42. The summed E-state index contributed by atoms with van der Waals surface area (Å²) in [7, 11) is 0. The van der Waals surface area contributed by atoms with Gasteiger partial charge in [0.1, 0.15) is 0 Å². The molecule has 27 heavy (non-hydrogen) atoms. The number of esters is 1. The quantitative estimate of drug-likeness (QED) is 0.315. The maximum atomic E-state index is 11.5. The minimum atomic E-state index is -0.176. The minimum absolute atomic E-state index is 0.176. The summed E-state index contributed by atoms with van der Waals surface area (Å²) in [6, 6.07) is 11.3. The summed E-state index contributed by atoms with van der Waals surface area (Å²) in [4.78, 5) is 15.7. The monoisotopic (exact) mass is 402 g/mol. The molecule has 0 saturated heterocycles. The van der Waals surface area contributed by atoms with Gasteiger partial charge in [-0.1, -0.05) is 29.4 Å². The molecule has 1 aromatic carbocycles. The van der Waals surface area contributed by atoms with Crippen LogP contribution < -0.4 is 0 Å². The number of ether oxygens (including phenoxy) is 1. The minimum Gasteiger partial charge on any atom is -0.466 e. The van der Waals surface area contributed by atoms with Gasteiger partial charge in [-0.2, -0.15) is 0 Å². The van der Waals surface area contributed by atoms with Crippen molar-refractivity contribution in [2.45, 2.75) is 24.9 Å². The number of carbonyl (C=O) groups excluding carboxylic acids is 1. The number of rotatable bonds is 8. The fourth-order valence-corrected chi connectivity index (χ4v) is 3.58. The highest BCUT2D eigenvalue weighted by atomic mass is 35.5. The van der Waals surface area contributed by atoms with Crippen LogP contribution in [0.25, 0.3) is 17.1 Å². The van der Waals surface area contributed by atoms with Crippen molar-refractivity contribution in [2.24, 2.45) is 0 Å². The molecule has 3 rings (SSSR count). The Kier molecular flexibility index (Phi) is 6.84. The van der Waals surface area contributed by atoms with E-state index in [9.17, 15) is 4.79 Å². The molecule has 0 unspecified atom stereocenters. The number of nitrogens with zero attached hydrogens (tertiary/aromatic N) is 4. The van der Waals surface area contributed by atoms with Gasteiger partial charge in [0.05, 0.1) is 12.3 Å². The SMILES string of the molecule is CCOC(=O)CCCSc1nnc(-c2cccnc2)n1-c1cccc(Cl)c1. The molecule has 0 amide bonds. The van der Waals surface area contributed by atoms with E-state index in [2.05, 4.69) is 15.2 Å². The van der Waals surface area contributed by atoms with Crippen molar-refractivity contribution in [3.05, 3.63) is 53.8 Å². The van der Waals surface area contributed by atoms with Crippen LogP contribution in [0.5, 0.6) is 0 Å². The van der Waals surface area contributed by atoms with Crippen LogP contribution in [0.2, 0.25) is 5.02 Å². The predicted molar refractivity (Wildman–Crippen MR) is 106 cm³/mol. The molecule has 0 N–H and O–H groups in total. The third-order valence-corrected chi connectivity index (χ3v) is 4.93. The van der Waals surface area contributed by atoms with Crippen molar-refractivity contribution in [3.8, 4) is 17.1 Å². The first-order valence-corrected chi connectivity index (χ1v) is 9.95. The largest absolute Gasteiger partial charge is 0.466 e. The number of hydrogen-bond donors (Lipinski definition) is 0. The summed E-state index contributed by atoms with van der Waals surface area (Å²) in [6.07, 6.45) is 4.56. The Morgan fingerprint density at radius 2 is 2.15 bits per heavy atom. The molecule has 6 nitrogen and oxygen atoms in total. The highest BCUT2D eigenvalue weighted by Crippen LogP contribution is 2.29. The number of hydrogen-bond acceptors (Lipinski definition) is 6. The van der Waals surface area contributed by atoms with Gasteiger partial charge in [0.25, 0.3) is 0 Å². The molecular formula is C19H19ClN4O2S. The van der Waals surface area contributed by atoms with Crippen LogP contribution in [0.3, 0.4) is 0 Å². The Bertz CT molecular complexity index is 902. The van der Waals surface area contributed by atoms with Gasteiger partial charge in [0, 0.05) is 35.2 Å². The topological polar surface area (TPSA) is 69.9 Å². The number of thioether (sulfide) groups is 1. The molecule has 2 aromatic heterocycles. The van der Waals surface area contributed by atoms with Gasteiger partial charge in [0.15, 0.2) is 11.0 Å². The molecule has 3 aromatic rings. The highest BCUT2D eigenvalue weighted by molar-refractivity contribution is 7.99. The van der Waals surface area contributed by atoms with Gasteiger partial charge >= 0.3 is 5.97 Å². The van der Waals surface area contributed by atoms with Gasteiger partial charge in [-0.05, 0) is 43.7 Å². The zero-order valence-corrected chi connectivity index (χ0v) is 16.4. The smallest absolute Gasteiger partial charge is 0.305 e. The summed E-state index contributed by atoms with van der Waals surface area (Å²) in [5.74, 6) is 1.24. The van der Waals surface area contributed by atoms with Crippen molar-refractivity contribution in [2.75, 3.05) is 12.4 Å². The highest BCUT2D eigenvalue weighted by Gasteiger charge is 2.16. The van der Waals surface area contributed by atoms with Gasteiger partial charge < -0.3 is 4.74 Å². The van der Waals surface area contributed by atoms with E-state index in [1.807, 2.05) is 41.0 Å². The Morgan fingerprint density at radius 3 is 2.89 bits per heavy atom. The Hall–Kier alpha value is -2.38. The maximum absolute atomic E-state index is 11.5. The van der Waals surface area contributed by atoms with Gasteiger partial charge in [-0.3, -0.25) is 14.3 Å². The molecule has 0 spiro atoms. The van der Waals surface area contributed by atoms with Crippen LogP contribution in [0, 0.1) is 0 Å². The Morgan fingerprint density at radius 1 is 1.26 bits per heavy atom. The lowest BCUT2D eigenvalue weighted by atomic mass is 10.2. The van der Waals surface area contributed by atoms with Crippen LogP contribution >= 0.6 is 23.4 Å². The lowest BCUT2D eigenvalue weighted by Gasteiger charge is -2.10. The zero-order valence-electron chi connectivity index (χ0n) is 14.8. The second kappa shape index (κ2) is 9.53. The normalized spacial score (nSPS) is 10.7. The summed E-state index contributed by atoms with van der Waals surface area (Å²) in [5, 5.41) is 10.1. The molecule has 0 radical (unpaired) electrons. The number of pyridine rings is 1. The molecule has 140 valence electrons. The summed E-state index contributed by atoms with van der Waals surface area (Å²) >= 11 is 7.72. The molecule has 0 bridgehead atoms. The third-order valence-electron chi connectivity index (χ3n) is 3.68. The second-order valence-corrected chi connectivity index (χ2v) is 7.12. The summed E-state index contributed by atoms with van der Waals surface area (Å²) in [5.41, 5.74) is 1.74. The molecule has 0 atom stereocenters. The van der Waals surface area contributed by atoms with E-state index in [4.69, 9.17) is 16.3 Å². The van der Waals surface area contributed by atoms with E-state index in [0.717, 1.165) is 22.2 Å².